The summed E-state index contributed by atoms with van der Waals surface area (Å²) in [5, 5.41) is 10.5. The Morgan fingerprint density at radius 3 is 2.55 bits per heavy atom. The molecular weight excluding hydrogens is 262 g/mol. The molecule has 3 N–H and O–H groups in total. The lowest BCUT2D eigenvalue weighted by Crippen LogP contribution is -2.29. The fraction of sp³-hybridized carbons (Fsp3) is 0.0833. The second-order valence-electron chi connectivity index (χ2n) is 3.88. The van der Waals surface area contributed by atoms with Crippen LogP contribution >= 0.6 is 0 Å². The van der Waals surface area contributed by atoms with Crippen molar-refractivity contribution < 1.29 is 14.4 Å². The molecule has 2 rings (SSSR count). The second kappa shape index (κ2) is 5.74. The Balaban J connectivity index is 2.02. The Morgan fingerprint density at radius 2 is 1.90 bits per heavy atom. The lowest BCUT2D eigenvalue weighted by molar-refractivity contribution is -0.133. The van der Waals surface area contributed by atoms with Crippen molar-refractivity contribution >= 4 is 29.2 Å². The third kappa shape index (κ3) is 3.25. The third-order valence-corrected chi connectivity index (χ3v) is 2.38. The van der Waals surface area contributed by atoms with Crippen molar-refractivity contribution in [3.05, 3.63) is 36.2 Å². The summed E-state index contributed by atoms with van der Waals surface area (Å²) in [7, 11) is 0. The van der Waals surface area contributed by atoms with E-state index in [1.54, 1.807) is 18.2 Å². The minimum atomic E-state index is -0.894. The number of carbonyl (C=O) groups is 3. The van der Waals surface area contributed by atoms with Gasteiger partial charge in [-0.3, -0.25) is 19.7 Å². The summed E-state index contributed by atoms with van der Waals surface area (Å²) in [5.74, 6) is -1.83. The molecule has 0 fully saturated rings. The molecule has 0 spiro atoms. The van der Waals surface area contributed by atoms with E-state index in [0.717, 1.165) is 0 Å². The lowest BCUT2D eigenvalue weighted by Gasteiger charge is -2.05. The molecule has 0 saturated heterocycles. The van der Waals surface area contributed by atoms with Crippen molar-refractivity contribution in [1.29, 1.82) is 0 Å². The molecule has 20 heavy (non-hydrogen) atoms. The van der Waals surface area contributed by atoms with Crippen LogP contribution in [-0.4, -0.2) is 32.8 Å². The number of nitrogens with one attached hydrogen (secondary N) is 3. The maximum Gasteiger partial charge on any atom is 0.316 e. The molecule has 0 aliphatic carbocycles. The number of carbonyl (C=O) groups excluding carboxylic acids is 3. The van der Waals surface area contributed by atoms with E-state index >= 15 is 0 Å². The smallest absolute Gasteiger partial charge is 0.316 e. The van der Waals surface area contributed by atoms with Crippen molar-refractivity contribution in [1.82, 2.24) is 15.2 Å². The van der Waals surface area contributed by atoms with Gasteiger partial charge in [0.1, 0.15) is 6.33 Å². The highest BCUT2D eigenvalue weighted by Crippen LogP contribution is 2.11. The molecule has 0 aliphatic heterocycles. The van der Waals surface area contributed by atoms with Gasteiger partial charge in [0.2, 0.25) is 5.95 Å². The van der Waals surface area contributed by atoms with Crippen molar-refractivity contribution in [3.8, 4) is 0 Å². The number of aromatic nitrogens is 3. The van der Waals surface area contributed by atoms with Gasteiger partial charge in [0.05, 0.1) is 0 Å². The van der Waals surface area contributed by atoms with Gasteiger partial charge in [-0.1, -0.05) is 12.1 Å². The van der Waals surface area contributed by atoms with Gasteiger partial charge in [-0.2, -0.15) is 10.1 Å². The molecule has 2 aromatic rings. The topological polar surface area (TPSA) is 117 Å². The zero-order valence-electron chi connectivity index (χ0n) is 10.5. The number of Topliss-reactive ketones (excluding diaryl/α,β-unsaturated/α-hetero) is 1. The van der Waals surface area contributed by atoms with Gasteiger partial charge in [-0.15, -0.1) is 0 Å². The quantitative estimate of drug-likeness (QED) is 0.558. The van der Waals surface area contributed by atoms with E-state index in [1.165, 1.54) is 19.3 Å². The number of aromatic amines is 1. The minimum absolute atomic E-state index is 0.0719. The Labute approximate surface area is 113 Å². The van der Waals surface area contributed by atoms with Crippen LogP contribution in [0.5, 0.6) is 0 Å². The standard InChI is InChI=1S/C12H11N5O3/c1-7(18)8-3-2-4-9(5-8)15-10(19)11(20)16-12-13-6-14-17-12/h2-6H,1H3,(H,15,19)(H2,13,14,16,17,20). The SMILES string of the molecule is CC(=O)c1cccc(NC(=O)C(=O)Nc2ncn[nH]2)c1. The van der Waals surface area contributed by atoms with Gasteiger partial charge in [-0.25, -0.2) is 5.10 Å². The highest BCUT2D eigenvalue weighted by molar-refractivity contribution is 6.43. The first-order valence-electron chi connectivity index (χ1n) is 5.65. The molecule has 102 valence electrons. The summed E-state index contributed by atoms with van der Waals surface area (Å²) in [4.78, 5) is 38.1. The number of amides is 2. The first-order chi connectivity index (χ1) is 9.56. The average molecular weight is 273 g/mol. The van der Waals surface area contributed by atoms with E-state index in [9.17, 15) is 14.4 Å². The molecule has 0 radical (unpaired) electrons. The van der Waals surface area contributed by atoms with E-state index in [-0.39, 0.29) is 11.7 Å². The van der Waals surface area contributed by atoms with Crippen LogP contribution in [0.4, 0.5) is 11.6 Å². The van der Waals surface area contributed by atoms with E-state index < -0.39 is 11.8 Å². The van der Waals surface area contributed by atoms with E-state index in [2.05, 4.69) is 25.8 Å². The molecular formula is C12H11N5O3. The molecule has 8 heteroatoms. The molecule has 1 heterocycles. The van der Waals surface area contributed by atoms with Crippen molar-refractivity contribution in [2.75, 3.05) is 10.6 Å². The normalized spacial score (nSPS) is 9.85. The number of benzene rings is 1. The predicted octanol–water partition coefficient (Wildman–Crippen LogP) is 0.584. The number of rotatable bonds is 3. The van der Waals surface area contributed by atoms with Crippen LogP contribution in [0.2, 0.25) is 0 Å². The maximum absolute atomic E-state index is 11.6. The van der Waals surface area contributed by atoms with E-state index in [0.29, 0.717) is 11.3 Å². The van der Waals surface area contributed by atoms with Gasteiger partial charge >= 0.3 is 11.8 Å². The van der Waals surface area contributed by atoms with Crippen molar-refractivity contribution in [2.24, 2.45) is 0 Å². The Morgan fingerprint density at radius 1 is 1.15 bits per heavy atom. The Bertz CT molecular complexity index is 651. The Hall–Kier alpha value is -3.03. The number of hydrogen-bond donors (Lipinski definition) is 3. The molecule has 0 atom stereocenters. The number of H-pyrrole nitrogens is 1. The van der Waals surface area contributed by atoms with Crippen LogP contribution in [0.15, 0.2) is 30.6 Å². The monoisotopic (exact) mass is 273 g/mol. The van der Waals surface area contributed by atoms with Crippen LogP contribution in [0, 0.1) is 0 Å². The number of anilines is 2. The third-order valence-electron chi connectivity index (χ3n) is 2.38. The molecule has 0 aliphatic rings. The van der Waals surface area contributed by atoms with Gasteiger partial charge in [0, 0.05) is 11.3 Å². The number of nitrogens with zero attached hydrogens (tertiary/aromatic N) is 2. The van der Waals surface area contributed by atoms with Crippen LogP contribution in [-0.2, 0) is 9.59 Å². The zero-order chi connectivity index (χ0) is 14.5. The molecule has 2 amide bonds. The molecule has 0 unspecified atom stereocenters. The highest BCUT2D eigenvalue weighted by atomic mass is 16.2. The molecule has 8 nitrogen and oxygen atoms in total. The lowest BCUT2D eigenvalue weighted by atomic mass is 10.1. The average Bonchev–Trinajstić information content (AvgIpc) is 2.91. The zero-order valence-corrected chi connectivity index (χ0v) is 10.5. The summed E-state index contributed by atoms with van der Waals surface area (Å²) in [6.45, 7) is 1.41. The number of hydrogen-bond acceptors (Lipinski definition) is 5. The largest absolute Gasteiger partial charge is 0.318 e. The predicted molar refractivity (Wildman–Crippen MR) is 70.1 cm³/mol. The molecule has 0 bridgehead atoms. The minimum Gasteiger partial charge on any atom is -0.318 e. The fourth-order valence-corrected chi connectivity index (χ4v) is 1.43. The first kappa shape index (κ1) is 13.4. The summed E-state index contributed by atoms with van der Waals surface area (Å²) < 4.78 is 0. The van der Waals surface area contributed by atoms with Gasteiger partial charge in [0.25, 0.3) is 0 Å². The van der Waals surface area contributed by atoms with Gasteiger partial charge < -0.3 is 5.32 Å². The maximum atomic E-state index is 11.6. The summed E-state index contributed by atoms with van der Waals surface area (Å²) in [5.41, 5.74) is 0.800. The summed E-state index contributed by atoms with van der Waals surface area (Å²) in [6, 6.07) is 6.29. The van der Waals surface area contributed by atoms with E-state index in [1.807, 2.05) is 0 Å². The van der Waals surface area contributed by atoms with Gasteiger partial charge in [-0.05, 0) is 19.1 Å². The van der Waals surface area contributed by atoms with Crippen LogP contribution in [0.25, 0.3) is 0 Å². The molecule has 1 aromatic heterocycles. The summed E-state index contributed by atoms with van der Waals surface area (Å²) >= 11 is 0. The van der Waals surface area contributed by atoms with Crippen molar-refractivity contribution in [3.63, 3.8) is 0 Å². The summed E-state index contributed by atoms with van der Waals surface area (Å²) in [6.07, 6.45) is 1.20. The molecule has 1 aromatic carbocycles. The Kier molecular flexibility index (Phi) is 3.85. The van der Waals surface area contributed by atoms with Gasteiger partial charge in [0.15, 0.2) is 5.78 Å². The van der Waals surface area contributed by atoms with Crippen LogP contribution < -0.4 is 10.6 Å². The highest BCUT2D eigenvalue weighted by Gasteiger charge is 2.15. The van der Waals surface area contributed by atoms with Crippen molar-refractivity contribution in [2.45, 2.75) is 6.92 Å². The second-order valence-corrected chi connectivity index (χ2v) is 3.88. The van der Waals surface area contributed by atoms with Crippen LogP contribution in [0.1, 0.15) is 17.3 Å². The molecule has 0 saturated carbocycles. The van der Waals surface area contributed by atoms with Crippen LogP contribution in [0.3, 0.4) is 0 Å². The van der Waals surface area contributed by atoms with E-state index in [4.69, 9.17) is 0 Å². The number of ketones is 1. The first-order valence-corrected chi connectivity index (χ1v) is 5.65. The fourth-order valence-electron chi connectivity index (χ4n) is 1.43.